The monoisotopic (exact) mass is 772 g/mol. The van der Waals surface area contributed by atoms with Crippen molar-refractivity contribution in [3.05, 3.63) is 241 Å². The van der Waals surface area contributed by atoms with Gasteiger partial charge >= 0.3 is 0 Å². The first-order valence-electron chi connectivity index (χ1n) is 21.0. The smallest absolute Gasteiger partial charge is 0.0473 e. The van der Waals surface area contributed by atoms with E-state index in [1.54, 1.807) is 0 Å². The molecule has 0 aliphatic heterocycles. The van der Waals surface area contributed by atoms with E-state index in [4.69, 9.17) is 0 Å². The molecule has 0 bridgehead atoms. The van der Waals surface area contributed by atoms with Gasteiger partial charge in [-0.1, -0.05) is 173 Å². The predicted octanol–water partition coefficient (Wildman–Crippen LogP) is 16.2. The number of hydrogen-bond donors (Lipinski definition) is 0. The van der Waals surface area contributed by atoms with Gasteiger partial charge < -0.3 is 9.80 Å². The fraction of sp³-hybridized carbons (Fsp3) is 0.103. The van der Waals surface area contributed by atoms with Crippen molar-refractivity contribution in [2.45, 2.75) is 38.5 Å². The molecule has 0 atom stereocenters. The largest absolute Gasteiger partial charge is 0.310 e. The van der Waals surface area contributed by atoms with Crippen molar-refractivity contribution in [3.63, 3.8) is 0 Å². The number of anilines is 6. The van der Waals surface area contributed by atoms with Gasteiger partial charge in [-0.3, -0.25) is 0 Å². The molecule has 0 aliphatic carbocycles. The minimum absolute atomic E-state index is 0.163. The van der Waals surface area contributed by atoms with Gasteiger partial charge in [-0.2, -0.15) is 0 Å². The van der Waals surface area contributed by atoms with E-state index < -0.39 is 0 Å². The molecule has 2 heteroatoms. The molecular formula is C58H48N2. The van der Waals surface area contributed by atoms with E-state index in [0.717, 1.165) is 34.1 Å². The fourth-order valence-electron chi connectivity index (χ4n) is 9.22. The summed E-state index contributed by atoms with van der Waals surface area (Å²) in [7, 11) is 0. The van der Waals surface area contributed by atoms with Gasteiger partial charge in [0, 0.05) is 45.0 Å². The molecule has 0 saturated heterocycles. The summed E-state index contributed by atoms with van der Waals surface area (Å²) in [4.78, 5) is 4.81. The Morgan fingerprint density at radius 2 is 0.533 bits per heavy atom. The lowest BCUT2D eigenvalue weighted by atomic mass is 9.78. The summed E-state index contributed by atoms with van der Waals surface area (Å²) in [5.74, 6) is 0. The van der Waals surface area contributed by atoms with Crippen LogP contribution in [0.25, 0.3) is 32.3 Å². The SMILES string of the molecule is CC(C)(c1ccccc1)c1cccc(N(c2ccccc2)c2cc3ccc4cc(N(c5ccccc5)c5cccc(C(C)(C)c6ccccc6)c5)cc5ccc(c2)c3c45)c1. The maximum absolute atomic E-state index is 2.40. The normalized spacial score (nSPS) is 12.0. The molecule has 10 rings (SSSR count). The molecular weight excluding hydrogens is 725 g/mol. The minimum Gasteiger partial charge on any atom is -0.310 e. The highest BCUT2D eigenvalue weighted by Crippen LogP contribution is 2.46. The zero-order valence-electron chi connectivity index (χ0n) is 34.7. The number of hydrogen-bond acceptors (Lipinski definition) is 2. The Balaban J connectivity index is 1.09. The first-order chi connectivity index (χ1) is 29.3. The van der Waals surface area contributed by atoms with Crippen LogP contribution in [0, 0.1) is 0 Å². The molecule has 290 valence electrons. The Labute approximate surface area is 354 Å². The molecule has 2 nitrogen and oxygen atoms in total. The third kappa shape index (κ3) is 6.55. The summed E-state index contributed by atoms with van der Waals surface area (Å²) in [6.45, 7) is 9.26. The van der Waals surface area contributed by atoms with Crippen LogP contribution in [0.3, 0.4) is 0 Å². The predicted molar refractivity (Wildman–Crippen MR) is 257 cm³/mol. The second-order valence-corrected chi connectivity index (χ2v) is 17.1. The molecule has 10 aromatic rings. The first kappa shape index (κ1) is 37.1. The lowest BCUT2D eigenvalue weighted by Crippen LogP contribution is -2.19. The minimum atomic E-state index is -0.163. The van der Waals surface area contributed by atoms with E-state index in [0.29, 0.717) is 0 Å². The molecule has 0 radical (unpaired) electrons. The van der Waals surface area contributed by atoms with Crippen LogP contribution in [0.4, 0.5) is 34.1 Å². The maximum atomic E-state index is 2.40. The van der Waals surface area contributed by atoms with Crippen LogP contribution in [0.15, 0.2) is 218 Å². The summed E-state index contributed by atoms with van der Waals surface area (Å²) in [6.07, 6.45) is 0. The summed E-state index contributed by atoms with van der Waals surface area (Å²) in [5.41, 5.74) is 11.6. The molecule has 0 spiro atoms. The average molecular weight is 773 g/mol. The van der Waals surface area contributed by atoms with Gasteiger partial charge in [-0.05, 0) is 127 Å². The van der Waals surface area contributed by atoms with Crippen LogP contribution in [0.2, 0.25) is 0 Å². The van der Waals surface area contributed by atoms with Gasteiger partial charge in [0.25, 0.3) is 0 Å². The lowest BCUT2D eigenvalue weighted by molar-refractivity contribution is 0.641. The van der Waals surface area contributed by atoms with Gasteiger partial charge in [-0.25, -0.2) is 0 Å². The van der Waals surface area contributed by atoms with Crippen molar-refractivity contribution in [1.29, 1.82) is 0 Å². The first-order valence-corrected chi connectivity index (χ1v) is 21.0. The Kier molecular flexibility index (Phi) is 9.22. The second-order valence-electron chi connectivity index (χ2n) is 17.1. The van der Waals surface area contributed by atoms with E-state index in [-0.39, 0.29) is 10.8 Å². The molecule has 0 heterocycles. The summed E-state index contributed by atoms with van der Waals surface area (Å²) >= 11 is 0. The zero-order valence-corrected chi connectivity index (χ0v) is 34.7. The number of benzene rings is 10. The topological polar surface area (TPSA) is 6.48 Å². The molecule has 0 saturated carbocycles. The third-order valence-electron chi connectivity index (χ3n) is 12.7. The quantitative estimate of drug-likeness (QED) is 0.128. The van der Waals surface area contributed by atoms with E-state index in [1.165, 1.54) is 54.6 Å². The van der Waals surface area contributed by atoms with E-state index in [1.807, 2.05) is 0 Å². The van der Waals surface area contributed by atoms with Gasteiger partial charge in [0.15, 0.2) is 0 Å². The van der Waals surface area contributed by atoms with Crippen molar-refractivity contribution in [1.82, 2.24) is 0 Å². The van der Waals surface area contributed by atoms with Crippen molar-refractivity contribution >= 4 is 66.4 Å². The number of rotatable bonds is 10. The van der Waals surface area contributed by atoms with E-state index >= 15 is 0 Å². The Hall–Kier alpha value is -7.16. The summed E-state index contributed by atoms with van der Waals surface area (Å²) in [5, 5.41) is 7.50. The number of para-hydroxylation sites is 2. The Morgan fingerprint density at radius 1 is 0.250 bits per heavy atom. The van der Waals surface area contributed by atoms with E-state index in [2.05, 4.69) is 256 Å². The molecule has 60 heavy (non-hydrogen) atoms. The van der Waals surface area contributed by atoms with Crippen molar-refractivity contribution in [3.8, 4) is 0 Å². The third-order valence-corrected chi connectivity index (χ3v) is 12.7. The lowest BCUT2D eigenvalue weighted by Gasteiger charge is -2.31. The number of nitrogens with zero attached hydrogens (tertiary/aromatic N) is 2. The maximum Gasteiger partial charge on any atom is 0.0473 e. The molecule has 10 aromatic carbocycles. The second kappa shape index (κ2) is 14.9. The van der Waals surface area contributed by atoms with Crippen LogP contribution in [0.1, 0.15) is 49.9 Å². The van der Waals surface area contributed by atoms with Gasteiger partial charge in [0.05, 0.1) is 0 Å². The Bertz CT molecular complexity index is 2800. The van der Waals surface area contributed by atoms with Crippen LogP contribution in [-0.4, -0.2) is 0 Å². The highest BCUT2D eigenvalue weighted by Gasteiger charge is 2.26. The van der Waals surface area contributed by atoms with E-state index in [9.17, 15) is 0 Å². The molecule has 0 aromatic heterocycles. The van der Waals surface area contributed by atoms with Gasteiger partial charge in [0.1, 0.15) is 0 Å². The fourth-order valence-corrected chi connectivity index (χ4v) is 9.22. The molecule has 0 unspecified atom stereocenters. The van der Waals surface area contributed by atoms with Crippen LogP contribution in [-0.2, 0) is 10.8 Å². The molecule has 0 amide bonds. The summed E-state index contributed by atoms with van der Waals surface area (Å²) in [6, 6.07) is 80.0. The highest BCUT2D eigenvalue weighted by atomic mass is 15.1. The standard InChI is InChI=1S/C58H48N2/c1-57(2,45-19-9-5-10-20-45)47-23-17-29-51(39-47)59(49-25-13-7-14-26-49)53-35-41-31-33-43-37-54(38-44-34-32-42(36-53)55(41)56(43)44)60(50-27-15-8-16-28-50)52-30-18-24-48(40-52)58(3,4)46-21-11-6-12-22-46/h5-40H,1-4H3. The van der Waals surface area contributed by atoms with Crippen LogP contribution < -0.4 is 9.80 Å². The molecule has 0 N–H and O–H groups in total. The van der Waals surface area contributed by atoms with Crippen LogP contribution in [0.5, 0.6) is 0 Å². The van der Waals surface area contributed by atoms with Crippen molar-refractivity contribution in [2.75, 3.05) is 9.80 Å². The van der Waals surface area contributed by atoms with Crippen molar-refractivity contribution in [2.24, 2.45) is 0 Å². The zero-order chi connectivity index (χ0) is 40.8. The van der Waals surface area contributed by atoms with Gasteiger partial charge in [-0.15, -0.1) is 0 Å². The highest BCUT2D eigenvalue weighted by molar-refractivity contribution is 6.24. The van der Waals surface area contributed by atoms with Crippen molar-refractivity contribution < 1.29 is 0 Å². The molecule has 0 aliphatic rings. The summed E-state index contributed by atoms with van der Waals surface area (Å²) < 4.78 is 0. The average Bonchev–Trinajstić information content (AvgIpc) is 3.30. The molecule has 0 fully saturated rings. The van der Waals surface area contributed by atoms with Crippen LogP contribution >= 0.6 is 0 Å². The van der Waals surface area contributed by atoms with Gasteiger partial charge in [0.2, 0.25) is 0 Å². The Morgan fingerprint density at radius 3 is 0.867 bits per heavy atom.